The number of halogens is 1. The Hall–Kier alpha value is -3.09. The average Bonchev–Trinajstić information content (AvgIpc) is 2.67. The third-order valence-corrected chi connectivity index (χ3v) is 4.06. The van der Waals surface area contributed by atoms with Crippen molar-refractivity contribution in [2.45, 2.75) is 19.9 Å². The van der Waals surface area contributed by atoms with Crippen LogP contribution in [0.1, 0.15) is 18.9 Å². The molecule has 0 unspecified atom stereocenters. The number of nitrogens with one attached hydrogen (secondary N) is 1. The maximum atomic E-state index is 13.6. The van der Waals surface area contributed by atoms with Crippen LogP contribution < -0.4 is 19.7 Å². The van der Waals surface area contributed by atoms with E-state index in [2.05, 4.69) is 5.32 Å². The number of carbonyl (C=O) groups is 2. The van der Waals surface area contributed by atoms with Gasteiger partial charge in [-0.25, -0.2) is 4.39 Å². The number of anilines is 1. The Morgan fingerprint density at radius 1 is 1.07 bits per heavy atom. The van der Waals surface area contributed by atoms with Crippen LogP contribution in [0.5, 0.6) is 11.5 Å². The first-order valence-electron chi connectivity index (χ1n) is 8.46. The predicted molar refractivity (Wildman–Crippen MR) is 100 cm³/mol. The van der Waals surface area contributed by atoms with Crippen LogP contribution in [0, 0.1) is 5.82 Å². The Bertz CT molecular complexity index is 810. The SMILES string of the molecule is COc1ccc(N(CCC(=O)NCc2ccccc2F)C(C)=O)cc1OC. The summed E-state index contributed by atoms with van der Waals surface area (Å²) in [4.78, 5) is 25.6. The van der Waals surface area contributed by atoms with Gasteiger partial charge in [0.05, 0.1) is 14.2 Å². The molecule has 0 saturated carbocycles. The van der Waals surface area contributed by atoms with Crippen molar-refractivity contribution in [1.29, 1.82) is 0 Å². The van der Waals surface area contributed by atoms with Crippen LogP contribution in [0.25, 0.3) is 0 Å². The molecule has 2 aromatic carbocycles. The van der Waals surface area contributed by atoms with Crippen molar-refractivity contribution in [2.75, 3.05) is 25.7 Å². The van der Waals surface area contributed by atoms with E-state index >= 15 is 0 Å². The molecular formula is C20H23FN2O4. The van der Waals surface area contributed by atoms with Gasteiger partial charge >= 0.3 is 0 Å². The van der Waals surface area contributed by atoms with Gasteiger partial charge in [0.1, 0.15) is 5.82 Å². The molecule has 0 aromatic heterocycles. The second kappa shape index (κ2) is 9.56. The molecule has 2 aromatic rings. The lowest BCUT2D eigenvalue weighted by Crippen LogP contribution is -2.33. The molecule has 0 aliphatic carbocycles. The van der Waals surface area contributed by atoms with Crippen LogP contribution >= 0.6 is 0 Å². The van der Waals surface area contributed by atoms with Gasteiger partial charge < -0.3 is 19.7 Å². The number of amides is 2. The van der Waals surface area contributed by atoms with Crippen LogP contribution in [-0.2, 0) is 16.1 Å². The summed E-state index contributed by atoms with van der Waals surface area (Å²) < 4.78 is 24.0. The smallest absolute Gasteiger partial charge is 0.223 e. The summed E-state index contributed by atoms with van der Waals surface area (Å²) in [6.07, 6.45) is 0.0857. The van der Waals surface area contributed by atoms with Gasteiger partial charge in [-0.2, -0.15) is 0 Å². The summed E-state index contributed by atoms with van der Waals surface area (Å²) in [6, 6.07) is 11.4. The van der Waals surface area contributed by atoms with Crippen LogP contribution in [0.4, 0.5) is 10.1 Å². The van der Waals surface area contributed by atoms with E-state index in [1.807, 2.05) is 0 Å². The monoisotopic (exact) mass is 374 g/mol. The summed E-state index contributed by atoms with van der Waals surface area (Å²) >= 11 is 0. The van der Waals surface area contributed by atoms with Crippen molar-refractivity contribution in [3.05, 3.63) is 53.8 Å². The Morgan fingerprint density at radius 3 is 2.41 bits per heavy atom. The second-order valence-electron chi connectivity index (χ2n) is 5.83. The van der Waals surface area contributed by atoms with Gasteiger partial charge in [0.2, 0.25) is 11.8 Å². The van der Waals surface area contributed by atoms with Gasteiger partial charge in [0, 0.05) is 43.8 Å². The molecule has 0 aliphatic rings. The van der Waals surface area contributed by atoms with Gasteiger partial charge in [0.25, 0.3) is 0 Å². The lowest BCUT2D eigenvalue weighted by molar-refractivity contribution is -0.121. The molecule has 0 saturated heterocycles. The van der Waals surface area contributed by atoms with E-state index in [-0.39, 0.29) is 37.1 Å². The van der Waals surface area contributed by atoms with Gasteiger partial charge in [-0.05, 0) is 18.2 Å². The topological polar surface area (TPSA) is 67.9 Å². The lowest BCUT2D eigenvalue weighted by Gasteiger charge is -2.22. The molecular weight excluding hydrogens is 351 g/mol. The van der Waals surface area contributed by atoms with Crippen molar-refractivity contribution in [3.8, 4) is 11.5 Å². The first-order chi connectivity index (χ1) is 13.0. The fourth-order valence-electron chi connectivity index (χ4n) is 2.60. The van der Waals surface area contributed by atoms with Crippen molar-refractivity contribution < 1.29 is 23.5 Å². The van der Waals surface area contributed by atoms with E-state index in [9.17, 15) is 14.0 Å². The van der Waals surface area contributed by atoms with Crippen LogP contribution in [0.2, 0.25) is 0 Å². The maximum Gasteiger partial charge on any atom is 0.223 e. The fourth-order valence-corrected chi connectivity index (χ4v) is 2.60. The van der Waals surface area contributed by atoms with E-state index < -0.39 is 0 Å². The molecule has 0 spiro atoms. The molecule has 7 heteroatoms. The van der Waals surface area contributed by atoms with Crippen LogP contribution in [-0.4, -0.2) is 32.6 Å². The summed E-state index contributed by atoms with van der Waals surface area (Å²) in [6.45, 7) is 1.71. The minimum Gasteiger partial charge on any atom is -0.493 e. The highest BCUT2D eigenvalue weighted by atomic mass is 19.1. The molecule has 1 N–H and O–H groups in total. The zero-order chi connectivity index (χ0) is 19.8. The number of hydrogen-bond acceptors (Lipinski definition) is 4. The van der Waals surface area contributed by atoms with Crippen molar-refractivity contribution in [2.24, 2.45) is 0 Å². The zero-order valence-corrected chi connectivity index (χ0v) is 15.6. The lowest BCUT2D eigenvalue weighted by atomic mass is 10.2. The standard InChI is InChI=1S/C20H23FN2O4/c1-14(24)23(16-8-9-18(26-2)19(12-16)27-3)11-10-20(25)22-13-15-6-4-5-7-17(15)21/h4-9,12H,10-11,13H2,1-3H3,(H,22,25). The number of carbonyl (C=O) groups excluding carboxylic acids is 2. The summed E-state index contributed by atoms with van der Waals surface area (Å²) in [7, 11) is 3.04. The maximum absolute atomic E-state index is 13.6. The number of methoxy groups -OCH3 is 2. The number of nitrogens with zero attached hydrogens (tertiary/aromatic N) is 1. The van der Waals surface area contributed by atoms with E-state index in [1.54, 1.807) is 36.4 Å². The van der Waals surface area contributed by atoms with Crippen LogP contribution in [0.15, 0.2) is 42.5 Å². The molecule has 27 heavy (non-hydrogen) atoms. The largest absolute Gasteiger partial charge is 0.493 e. The zero-order valence-electron chi connectivity index (χ0n) is 15.6. The Balaban J connectivity index is 1.99. The first kappa shape index (κ1) is 20.2. The number of hydrogen-bond donors (Lipinski definition) is 1. The molecule has 6 nitrogen and oxygen atoms in total. The molecule has 0 atom stereocenters. The Kier molecular flexibility index (Phi) is 7.16. The first-order valence-corrected chi connectivity index (χ1v) is 8.46. The van der Waals surface area contributed by atoms with E-state index in [0.29, 0.717) is 22.7 Å². The van der Waals surface area contributed by atoms with Gasteiger partial charge in [-0.15, -0.1) is 0 Å². The third-order valence-electron chi connectivity index (χ3n) is 4.06. The molecule has 0 heterocycles. The molecule has 0 aliphatic heterocycles. The predicted octanol–water partition coefficient (Wildman–Crippen LogP) is 2.90. The minimum atomic E-state index is -0.367. The van der Waals surface area contributed by atoms with Gasteiger partial charge in [-0.3, -0.25) is 9.59 Å². The van der Waals surface area contributed by atoms with E-state index in [1.165, 1.54) is 32.1 Å². The highest BCUT2D eigenvalue weighted by Gasteiger charge is 2.16. The highest BCUT2D eigenvalue weighted by molar-refractivity contribution is 5.92. The molecule has 0 radical (unpaired) electrons. The molecule has 0 fully saturated rings. The Labute approximate surface area is 157 Å². The summed E-state index contributed by atoms with van der Waals surface area (Å²) in [5, 5.41) is 2.66. The molecule has 0 bridgehead atoms. The summed E-state index contributed by atoms with van der Waals surface area (Å²) in [5.41, 5.74) is 1.01. The van der Waals surface area contributed by atoms with Gasteiger partial charge in [-0.1, -0.05) is 18.2 Å². The minimum absolute atomic E-state index is 0.0857. The number of benzene rings is 2. The Morgan fingerprint density at radius 2 is 1.78 bits per heavy atom. The normalized spacial score (nSPS) is 10.2. The summed E-state index contributed by atoms with van der Waals surface area (Å²) in [5.74, 6) is 0.195. The highest BCUT2D eigenvalue weighted by Crippen LogP contribution is 2.31. The van der Waals surface area contributed by atoms with Crippen molar-refractivity contribution in [1.82, 2.24) is 5.32 Å². The van der Waals surface area contributed by atoms with E-state index in [0.717, 1.165) is 0 Å². The quantitative estimate of drug-likeness (QED) is 0.772. The second-order valence-corrected chi connectivity index (χ2v) is 5.83. The third kappa shape index (κ3) is 5.44. The van der Waals surface area contributed by atoms with Gasteiger partial charge in [0.15, 0.2) is 11.5 Å². The van der Waals surface area contributed by atoms with Crippen LogP contribution in [0.3, 0.4) is 0 Å². The molecule has 144 valence electrons. The number of rotatable bonds is 8. The van der Waals surface area contributed by atoms with E-state index in [4.69, 9.17) is 9.47 Å². The fraction of sp³-hybridized carbons (Fsp3) is 0.300. The van der Waals surface area contributed by atoms with Crippen molar-refractivity contribution >= 4 is 17.5 Å². The number of ether oxygens (including phenoxy) is 2. The average molecular weight is 374 g/mol. The van der Waals surface area contributed by atoms with Crippen molar-refractivity contribution in [3.63, 3.8) is 0 Å². The molecule has 2 amide bonds. The molecule has 2 rings (SSSR count).